The average Bonchev–Trinajstić information content (AvgIpc) is 2.82. The van der Waals surface area contributed by atoms with E-state index in [9.17, 15) is 0 Å². The highest BCUT2D eigenvalue weighted by atomic mass is 32.1. The summed E-state index contributed by atoms with van der Waals surface area (Å²) in [5, 5.41) is 7.41. The highest BCUT2D eigenvalue weighted by molar-refractivity contribution is 7.80. The highest BCUT2D eigenvalue weighted by Gasteiger charge is 2.21. The molecule has 2 N–H and O–H groups in total. The monoisotopic (exact) mass is 278 g/mol. The lowest BCUT2D eigenvalue weighted by Crippen LogP contribution is -2.40. The third-order valence-electron chi connectivity index (χ3n) is 3.64. The molecule has 0 spiro atoms. The molecule has 0 heterocycles. The van der Waals surface area contributed by atoms with Gasteiger partial charge < -0.3 is 15.4 Å². The molecule has 104 valence electrons. The smallest absolute Gasteiger partial charge is 0.166 e. The Balaban J connectivity index is 1.73. The standard InChI is InChI=1S/C15H22N2OS/c1-11-3-6-13(9-11)17-15(19)16-10-12-4-7-14(18-2)8-5-12/h4-5,7-8,11,13H,3,6,9-10H2,1-2H3,(H2,16,17,19). The first kappa shape index (κ1) is 14.1. The van der Waals surface area contributed by atoms with E-state index < -0.39 is 0 Å². The summed E-state index contributed by atoms with van der Waals surface area (Å²) in [6.45, 7) is 3.05. The van der Waals surface area contributed by atoms with E-state index in [4.69, 9.17) is 17.0 Å². The van der Waals surface area contributed by atoms with Crippen LogP contribution in [-0.4, -0.2) is 18.3 Å². The molecule has 3 nitrogen and oxygen atoms in total. The number of thiocarbonyl (C=S) groups is 1. The van der Waals surface area contributed by atoms with Crippen LogP contribution in [0.2, 0.25) is 0 Å². The minimum absolute atomic E-state index is 0.547. The third kappa shape index (κ3) is 4.39. The van der Waals surface area contributed by atoms with Crippen molar-refractivity contribution in [3.63, 3.8) is 0 Å². The summed E-state index contributed by atoms with van der Waals surface area (Å²) in [4.78, 5) is 0. The molecule has 1 aromatic carbocycles. The van der Waals surface area contributed by atoms with Gasteiger partial charge in [-0.25, -0.2) is 0 Å². The van der Waals surface area contributed by atoms with E-state index in [2.05, 4.69) is 17.6 Å². The van der Waals surface area contributed by atoms with Crippen molar-refractivity contribution in [2.75, 3.05) is 7.11 Å². The number of rotatable bonds is 4. The van der Waals surface area contributed by atoms with Crippen molar-refractivity contribution >= 4 is 17.3 Å². The van der Waals surface area contributed by atoms with Gasteiger partial charge in [0, 0.05) is 12.6 Å². The van der Waals surface area contributed by atoms with Crippen LogP contribution in [0, 0.1) is 5.92 Å². The van der Waals surface area contributed by atoms with Crippen LogP contribution in [0.3, 0.4) is 0 Å². The molecule has 0 bridgehead atoms. The fourth-order valence-corrected chi connectivity index (χ4v) is 2.74. The van der Waals surface area contributed by atoms with Crippen LogP contribution in [-0.2, 0) is 6.54 Å². The first-order valence-electron chi connectivity index (χ1n) is 6.84. The topological polar surface area (TPSA) is 33.3 Å². The molecule has 0 saturated heterocycles. The van der Waals surface area contributed by atoms with Crippen LogP contribution < -0.4 is 15.4 Å². The Morgan fingerprint density at radius 3 is 2.63 bits per heavy atom. The maximum absolute atomic E-state index is 5.33. The fourth-order valence-electron chi connectivity index (χ4n) is 2.50. The van der Waals surface area contributed by atoms with Crippen molar-refractivity contribution in [1.82, 2.24) is 10.6 Å². The molecule has 2 rings (SSSR count). The van der Waals surface area contributed by atoms with Gasteiger partial charge in [0.15, 0.2) is 5.11 Å². The normalized spacial score (nSPS) is 22.0. The predicted octanol–water partition coefficient (Wildman–Crippen LogP) is 2.85. The molecule has 0 aromatic heterocycles. The zero-order chi connectivity index (χ0) is 13.7. The zero-order valence-electron chi connectivity index (χ0n) is 11.6. The van der Waals surface area contributed by atoms with Gasteiger partial charge >= 0.3 is 0 Å². The Morgan fingerprint density at radius 1 is 1.32 bits per heavy atom. The largest absolute Gasteiger partial charge is 0.497 e. The summed E-state index contributed by atoms with van der Waals surface area (Å²) < 4.78 is 5.13. The Hall–Kier alpha value is -1.29. The maximum atomic E-state index is 5.33. The summed E-state index contributed by atoms with van der Waals surface area (Å²) in [6, 6.07) is 8.57. The Kier molecular flexibility index (Phi) is 5.02. The van der Waals surface area contributed by atoms with Gasteiger partial charge in [-0.2, -0.15) is 0 Å². The number of hydrogen-bond donors (Lipinski definition) is 2. The van der Waals surface area contributed by atoms with E-state index in [-0.39, 0.29) is 0 Å². The van der Waals surface area contributed by atoms with Crippen LogP contribution in [0.1, 0.15) is 31.7 Å². The number of benzene rings is 1. The lowest BCUT2D eigenvalue weighted by Gasteiger charge is -2.16. The minimum atomic E-state index is 0.547. The van der Waals surface area contributed by atoms with E-state index in [0.29, 0.717) is 6.04 Å². The molecule has 1 aliphatic carbocycles. The number of hydrogen-bond acceptors (Lipinski definition) is 2. The van der Waals surface area contributed by atoms with Crippen molar-refractivity contribution in [1.29, 1.82) is 0 Å². The van der Waals surface area contributed by atoms with E-state index >= 15 is 0 Å². The minimum Gasteiger partial charge on any atom is -0.497 e. The summed E-state index contributed by atoms with van der Waals surface area (Å²) in [5.41, 5.74) is 1.20. The molecule has 19 heavy (non-hydrogen) atoms. The van der Waals surface area contributed by atoms with Crippen LogP contribution >= 0.6 is 12.2 Å². The van der Waals surface area contributed by atoms with Gasteiger partial charge in [-0.3, -0.25) is 0 Å². The van der Waals surface area contributed by atoms with Crippen LogP contribution in [0.25, 0.3) is 0 Å². The number of methoxy groups -OCH3 is 1. The second-order valence-electron chi connectivity index (χ2n) is 5.29. The molecule has 1 aromatic rings. The van der Waals surface area contributed by atoms with E-state index in [0.717, 1.165) is 23.3 Å². The molecule has 1 aliphatic rings. The maximum Gasteiger partial charge on any atom is 0.166 e. The van der Waals surface area contributed by atoms with Crippen molar-refractivity contribution in [2.24, 2.45) is 5.92 Å². The fraction of sp³-hybridized carbons (Fsp3) is 0.533. The summed E-state index contributed by atoms with van der Waals surface area (Å²) >= 11 is 5.33. The molecule has 1 saturated carbocycles. The first-order chi connectivity index (χ1) is 9.17. The molecule has 2 atom stereocenters. The van der Waals surface area contributed by atoms with Crippen molar-refractivity contribution in [3.8, 4) is 5.75 Å². The molecule has 4 heteroatoms. The van der Waals surface area contributed by atoms with Gasteiger partial charge in [0.1, 0.15) is 5.75 Å². The Labute approximate surface area is 120 Å². The zero-order valence-corrected chi connectivity index (χ0v) is 12.4. The van der Waals surface area contributed by atoms with Gasteiger partial charge in [0.05, 0.1) is 7.11 Å². The molecule has 0 radical (unpaired) electrons. The second kappa shape index (κ2) is 6.75. The predicted molar refractivity (Wildman–Crippen MR) is 82.4 cm³/mol. The first-order valence-corrected chi connectivity index (χ1v) is 7.25. The number of ether oxygens (including phenoxy) is 1. The van der Waals surface area contributed by atoms with Crippen LogP contribution in [0.5, 0.6) is 5.75 Å². The second-order valence-corrected chi connectivity index (χ2v) is 5.70. The van der Waals surface area contributed by atoms with Gasteiger partial charge in [0.2, 0.25) is 0 Å². The molecular weight excluding hydrogens is 256 g/mol. The van der Waals surface area contributed by atoms with Gasteiger partial charge in [-0.1, -0.05) is 19.1 Å². The molecule has 2 unspecified atom stereocenters. The Bertz CT molecular complexity index is 419. The average molecular weight is 278 g/mol. The molecule has 0 amide bonds. The Morgan fingerprint density at radius 2 is 2.05 bits per heavy atom. The number of nitrogens with one attached hydrogen (secondary N) is 2. The van der Waals surface area contributed by atoms with E-state index in [1.54, 1.807) is 7.11 Å². The van der Waals surface area contributed by atoms with E-state index in [1.165, 1.54) is 24.8 Å². The summed E-state index contributed by atoms with van der Waals surface area (Å²) in [7, 11) is 1.68. The van der Waals surface area contributed by atoms with Crippen LogP contribution in [0.4, 0.5) is 0 Å². The lowest BCUT2D eigenvalue weighted by molar-refractivity contribution is 0.414. The SMILES string of the molecule is COc1ccc(CNC(=S)NC2CCC(C)C2)cc1. The molecule has 0 aliphatic heterocycles. The van der Waals surface area contributed by atoms with Crippen molar-refractivity contribution in [2.45, 2.75) is 38.8 Å². The van der Waals surface area contributed by atoms with Crippen molar-refractivity contribution < 1.29 is 4.74 Å². The van der Waals surface area contributed by atoms with E-state index in [1.807, 2.05) is 24.3 Å². The highest BCUT2D eigenvalue weighted by Crippen LogP contribution is 2.24. The van der Waals surface area contributed by atoms with Gasteiger partial charge in [0.25, 0.3) is 0 Å². The summed E-state index contributed by atoms with van der Waals surface area (Å²) in [6.07, 6.45) is 3.76. The third-order valence-corrected chi connectivity index (χ3v) is 3.90. The van der Waals surface area contributed by atoms with Gasteiger partial charge in [-0.05, 0) is 55.1 Å². The quantitative estimate of drug-likeness (QED) is 0.830. The summed E-state index contributed by atoms with van der Waals surface area (Å²) in [5.74, 6) is 1.70. The van der Waals surface area contributed by atoms with Crippen molar-refractivity contribution in [3.05, 3.63) is 29.8 Å². The molecule has 1 fully saturated rings. The van der Waals surface area contributed by atoms with Crippen LogP contribution in [0.15, 0.2) is 24.3 Å². The lowest BCUT2D eigenvalue weighted by atomic mass is 10.1. The molecular formula is C15H22N2OS. The van der Waals surface area contributed by atoms with Gasteiger partial charge in [-0.15, -0.1) is 0 Å².